The molecule has 2 saturated heterocycles. The van der Waals surface area contributed by atoms with Crippen LogP contribution in [0.25, 0.3) is 0 Å². The molecule has 2 aromatic rings. The number of nitrogens with zero attached hydrogens (tertiary/aromatic N) is 3. The zero-order chi connectivity index (χ0) is 25.3. The van der Waals surface area contributed by atoms with Crippen molar-refractivity contribution in [2.24, 2.45) is 0 Å². The first kappa shape index (κ1) is 26.2. The molecule has 4 rings (SSSR count). The quantitative estimate of drug-likeness (QED) is 0.529. The molecule has 0 bridgehead atoms. The number of morpholine rings is 1. The Hall–Kier alpha value is -2.85. The monoisotopic (exact) mass is 499 g/mol. The number of benzene rings is 2. The van der Waals surface area contributed by atoms with Gasteiger partial charge < -0.3 is 29.0 Å². The molecule has 1 unspecified atom stereocenters. The summed E-state index contributed by atoms with van der Waals surface area (Å²) in [4.78, 5) is 19.4. The fourth-order valence-corrected chi connectivity index (χ4v) is 4.60. The molecule has 1 atom stereocenters. The van der Waals surface area contributed by atoms with Crippen LogP contribution in [-0.2, 0) is 11.3 Å². The van der Waals surface area contributed by atoms with E-state index in [1.54, 1.807) is 17.0 Å². The largest absolute Gasteiger partial charge is 0.493 e. The molecular weight excluding hydrogens is 462 g/mol. The van der Waals surface area contributed by atoms with Crippen molar-refractivity contribution in [3.8, 4) is 17.2 Å². The number of carbonyl (C=O) groups is 1. The third-order valence-corrected chi connectivity index (χ3v) is 6.61. The lowest BCUT2D eigenvalue weighted by atomic mass is 10.1. The molecule has 2 aliphatic rings. The fraction of sp³-hybridized carbons (Fsp3) is 0.519. The molecule has 9 nitrogen and oxygen atoms in total. The second kappa shape index (κ2) is 12.9. The highest BCUT2D eigenvalue weighted by molar-refractivity contribution is 5.95. The van der Waals surface area contributed by atoms with E-state index in [4.69, 9.17) is 18.9 Å². The first-order chi connectivity index (χ1) is 17.6. The highest BCUT2D eigenvalue weighted by Crippen LogP contribution is 2.39. The maximum Gasteiger partial charge on any atom is 0.254 e. The van der Waals surface area contributed by atoms with Gasteiger partial charge in [0.25, 0.3) is 5.91 Å². The molecule has 2 aromatic carbocycles. The van der Waals surface area contributed by atoms with Crippen LogP contribution in [0.15, 0.2) is 42.5 Å². The van der Waals surface area contributed by atoms with E-state index in [1.807, 2.05) is 6.07 Å². The molecular formula is C27H37N3O6. The Morgan fingerprint density at radius 1 is 0.944 bits per heavy atom. The molecule has 0 spiro atoms. The van der Waals surface area contributed by atoms with Crippen molar-refractivity contribution < 1.29 is 28.8 Å². The van der Waals surface area contributed by atoms with Crippen LogP contribution in [0.5, 0.6) is 17.2 Å². The zero-order valence-electron chi connectivity index (χ0n) is 21.2. The molecule has 9 heteroatoms. The number of hydrogen-bond acceptors (Lipinski definition) is 8. The first-order valence-electron chi connectivity index (χ1n) is 12.5. The van der Waals surface area contributed by atoms with E-state index in [0.29, 0.717) is 55.7 Å². The van der Waals surface area contributed by atoms with Crippen LogP contribution in [0.2, 0.25) is 0 Å². The smallest absolute Gasteiger partial charge is 0.254 e. The first-order valence-corrected chi connectivity index (χ1v) is 12.5. The average molecular weight is 500 g/mol. The molecule has 2 heterocycles. The zero-order valence-corrected chi connectivity index (χ0v) is 21.2. The third kappa shape index (κ3) is 6.88. The maximum atomic E-state index is 12.9. The Morgan fingerprint density at radius 2 is 1.56 bits per heavy atom. The molecule has 0 aliphatic carbocycles. The van der Waals surface area contributed by atoms with E-state index >= 15 is 0 Å². The lowest BCUT2D eigenvalue weighted by Gasteiger charge is -2.35. The maximum absolute atomic E-state index is 12.9. The minimum atomic E-state index is -0.672. The summed E-state index contributed by atoms with van der Waals surface area (Å²) in [5, 5.41) is 10.7. The Morgan fingerprint density at radius 3 is 2.17 bits per heavy atom. The number of aliphatic hydroxyl groups is 1. The van der Waals surface area contributed by atoms with Gasteiger partial charge >= 0.3 is 0 Å². The summed E-state index contributed by atoms with van der Waals surface area (Å²) in [5.74, 6) is 1.07. The summed E-state index contributed by atoms with van der Waals surface area (Å²) in [7, 11) is 3.05. The van der Waals surface area contributed by atoms with Crippen LogP contribution < -0.4 is 14.2 Å². The van der Waals surface area contributed by atoms with Gasteiger partial charge in [-0.1, -0.05) is 30.3 Å². The second-order valence-electron chi connectivity index (χ2n) is 9.14. The van der Waals surface area contributed by atoms with Gasteiger partial charge in [-0.05, 0) is 17.7 Å². The van der Waals surface area contributed by atoms with Gasteiger partial charge in [0.05, 0.1) is 27.4 Å². The Bertz CT molecular complexity index is 950. The number of rotatable bonds is 10. The van der Waals surface area contributed by atoms with Gasteiger partial charge in [0, 0.05) is 57.9 Å². The molecule has 36 heavy (non-hydrogen) atoms. The SMILES string of the molecule is COc1cc(C(=O)N2CCOCC2)cc(OC)c1OCC(O)CN1CCN(Cc2ccccc2)CC1. The molecule has 196 valence electrons. The third-order valence-electron chi connectivity index (χ3n) is 6.61. The molecule has 0 radical (unpaired) electrons. The van der Waals surface area contributed by atoms with Crippen molar-refractivity contribution in [2.45, 2.75) is 12.6 Å². The van der Waals surface area contributed by atoms with Crippen LogP contribution in [-0.4, -0.2) is 112 Å². The number of aliphatic hydroxyl groups excluding tert-OH is 1. The number of piperazine rings is 1. The van der Waals surface area contributed by atoms with Crippen molar-refractivity contribution in [1.82, 2.24) is 14.7 Å². The van der Waals surface area contributed by atoms with E-state index in [0.717, 1.165) is 32.7 Å². The van der Waals surface area contributed by atoms with Gasteiger partial charge in [0.1, 0.15) is 12.7 Å². The summed E-state index contributed by atoms with van der Waals surface area (Å²) in [6.07, 6.45) is -0.672. The number of β-amino-alcohol motifs (C(OH)–C–C–N with tert-alkyl or cyclic N) is 1. The van der Waals surface area contributed by atoms with Crippen LogP contribution in [0.4, 0.5) is 0 Å². The number of methoxy groups -OCH3 is 2. The topological polar surface area (TPSA) is 83.9 Å². The minimum absolute atomic E-state index is 0.0910. The number of hydrogen-bond donors (Lipinski definition) is 1. The predicted octanol–water partition coefficient (Wildman–Crippen LogP) is 1.73. The predicted molar refractivity (Wildman–Crippen MR) is 136 cm³/mol. The molecule has 2 fully saturated rings. The van der Waals surface area contributed by atoms with Gasteiger partial charge in [0.2, 0.25) is 5.75 Å². The molecule has 1 amide bonds. The standard InChI is InChI=1S/C27H37N3O6/c1-33-24-16-22(27(32)30-12-14-35-15-13-30)17-25(34-2)26(24)36-20-23(31)19-29-10-8-28(9-11-29)18-21-6-4-3-5-7-21/h3-7,16-17,23,31H,8-15,18-20H2,1-2H3. The van der Waals surface area contributed by atoms with Crippen molar-refractivity contribution in [3.05, 3.63) is 53.6 Å². The summed E-state index contributed by atoms with van der Waals surface area (Å²) in [6, 6.07) is 13.8. The van der Waals surface area contributed by atoms with Crippen LogP contribution >= 0.6 is 0 Å². The van der Waals surface area contributed by atoms with Crippen molar-refractivity contribution in [3.63, 3.8) is 0 Å². The summed E-state index contributed by atoms with van der Waals surface area (Å²) < 4.78 is 22.3. The Kier molecular flexibility index (Phi) is 9.41. The van der Waals surface area contributed by atoms with Gasteiger partial charge in [0.15, 0.2) is 11.5 Å². The van der Waals surface area contributed by atoms with Crippen molar-refractivity contribution in [1.29, 1.82) is 0 Å². The number of amides is 1. The average Bonchev–Trinajstić information content (AvgIpc) is 2.93. The van der Waals surface area contributed by atoms with E-state index in [1.165, 1.54) is 19.8 Å². The second-order valence-corrected chi connectivity index (χ2v) is 9.14. The lowest BCUT2D eigenvalue weighted by Crippen LogP contribution is -2.48. The molecule has 2 aliphatic heterocycles. The van der Waals surface area contributed by atoms with Crippen LogP contribution in [0, 0.1) is 0 Å². The summed E-state index contributed by atoms with van der Waals surface area (Å²) in [5.41, 5.74) is 1.78. The summed E-state index contributed by atoms with van der Waals surface area (Å²) >= 11 is 0. The van der Waals surface area contributed by atoms with Crippen LogP contribution in [0.3, 0.4) is 0 Å². The lowest BCUT2D eigenvalue weighted by molar-refractivity contribution is 0.0302. The molecule has 0 saturated carbocycles. The Labute approximate surface area is 213 Å². The number of carbonyl (C=O) groups excluding carboxylic acids is 1. The minimum Gasteiger partial charge on any atom is -0.493 e. The van der Waals surface area contributed by atoms with Gasteiger partial charge in [-0.25, -0.2) is 0 Å². The van der Waals surface area contributed by atoms with E-state index in [9.17, 15) is 9.90 Å². The Balaban J connectivity index is 1.30. The number of ether oxygens (including phenoxy) is 4. The van der Waals surface area contributed by atoms with Gasteiger partial charge in [-0.3, -0.25) is 14.6 Å². The van der Waals surface area contributed by atoms with Crippen LogP contribution in [0.1, 0.15) is 15.9 Å². The van der Waals surface area contributed by atoms with Gasteiger partial charge in [-0.2, -0.15) is 0 Å². The fourth-order valence-electron chi connectivity index (χ4n) is 4.60. The van der Waals surface area contributed by atoms with E-state index < -0.39 is 6.10 Å². The highest BCUT2D eigenvalue weighted by Gasteiger charge is 2.24. The van der Waals surface area contributed by atoms with E-state index in [2.05, 4.69) is 34.1 Å². The molecule has 0 aromatic heterocycles. The van der Waals surface area contributed by atoms with Crippen molar-refractivity contribution >= 4 is 5.91 Å². The van der Waals surface area contributed by atoms with E-state index in [-0.39, 0.29) is 12.5 Å². The normalized spacial score (nSPS) is 18.0. The highest BCUT2D eigenvalue weighted by atomic mass is 16.5. The summed E-state index contributed by atoms with van der Waals surface area (Å²) in [6.45, 7) is 7.44. The van der Waals surface area contributed by atoms with Crippen molar-refractivity contribution in [2.75, 3.05) is 79.9 Å². The molecule has 1 N–H and O–H groups in total. The van der Waals surface area contributed by atoms with Gasteiger partial charge in [-0.15, -0.1) is 0 Å².